The molecule has 1 heterocycles. The Morgan fingerprint density at radius 2 is 1.96 bits per heavy atom. The summed E-state index contributed by atoms with van der Waals surface area (Å²) >= 11 is 1.71. The summed E-state index contributed by atoms with van der Waals surface area (Å²) in [6.45, 7) is 10.6. The number of carboxylic acid groups (broad SMARTS) is 1. The monoisotopic (exact) mass is 373 g/mol. The lowest BCUT2D eigenvalue weighted by molar-refractivity contribution is -0.132. The predicted octanol–water partition coefficient (Wildman–Crippen LogP) is 5.35. The van der Waals surface area contributed by atoms with E-state index in [1.807, 2.05) is 12.1 Å². The Kier molecular flexibility index (Phi) is 7.39. The maximum absolute atomic E-state index is 11.7. The number of hydrogen-bond donors (Lipinski definition) is 1. The lowest BCUT2D eigenvalue weighted by Gasteiger charge is -2.33. The molecule has 2 rings (SSSR count). The van der Waals surface area contributed by atoms with Gasteiger partial charge in [-0.3, -0.25) is 0 Å². The molecular weight excluding hydrogens is 342 g/mol. The van der Waals surface area contributed by atoms with Crippen LogP contribution < -0.4 is 0 Å². The van der Waals surface area contributed by atoms with Gasteiger partial charge in [-0.2, -0.15) is 0 Å². The first-order valence-electron chi connectivity index (χ1n) is 9.36. The van der Waals surface area contributed by atoms with Crippen molar-refractivity contribution in [1.29, 1.82) is 0 Å². The summed E-state index contributed by atoms with van der Waals surface area (Å²) in [5.41, 5.74) is 2.00. The van der Waals surface area contributed by atoms with Crippen molar-refractivity contribution in [3.05, 3.63) is 58.6 Å². The molecule has 0 saturated carbocycles. The van der Waals surface area contributed by atoms with Crippen LogP contribution in [0.2, 0.25) is 0 Å². The molecule has 0 unspecified atom stereocenters. The maximum Gasteiger partial charge on any atom is 0.338 e. The molecular formula is C22H31NO2S. The first-order valence-corrected chi connectivity index (χ1v) is 10.2. The second-order valence-electron chi connectivity index (χ2n) is 8.14. The van der Waals surface area contributed by atoms with Crippen LogP contribution in [-0.4, -0.2) is 34.3 Å². The number of nitrogens with zero attached hydrogens (tertiary/aromatic N) is 1. The third-order valence-electron chi connectivity index (χ3n) is 4.49. The van der Waals surface area contributed by atoms with E-state index in [0.29, 0.717) is 10.8 Å². The molecule has 0 aromatic heterocycles. The van der Waals surface area contributed by atoms with Gasteiger partial charge in [0.15, 0.2) is 0 Å². The zero-order valence-electron chi connectivity index (χ0n) is 16.4. The van der Waals surface area contributed by atoms with E-state index in [2.05, 4.69) is 56.9 Å². The van der Waals surface area contributed by atoms with E-state index < -0.39 is 5.97 Å². The second-order valence-corrected chi connectivity index (χ2v) is 9.56. The molecule has 26 heavy (non-hydrogen) atoms. The Morgan fingerprint density at radius 1 is 1.27 bits per heavy atom. The Hall–Kier alpha value is -1.68. The van der Waals surface area contributed by atoms with Crippen LogP contribution >= 0.6 is 11.8 Å². The Bertz CT molecular complexity index is 658. The molecule has 1 N–H and O–H groups in total. The Morgan fingerprint density at radius 3 is 2.58 bits per heavy atom. The van der Waals surface area contributed by atoms with E-state index in [1.54, 1.807) is 17.8 Å². The molecule has 1 aliphatic rings. The van der Waals surface area contributed by atoms with Gasteiger partial charge in [-0.15, -0.1) is 11.8 Å². The lowest BCUT2D eigenvalue weighted by Crippen LogP contribution is -2.31. The number of benzene rings is 1. The van der Waals surface area contributed by atoms with Crippen LogP contribution in [0, 0.1) is 5.41 Å². The van der Waals surface area contributed by atoms with Gasteiger partial charge in [0.25, 0.3) is 0 Å². The van der Waals surface area contributed by atoms with E-state index in [9.17, 15) is 9.90 Å². The molecule has 1 atom stereocenters. The summed E-state index contributed by atoms with van der Waals surface area (Å²) < 4.78 is 0. The quantitative estimate of drug-likeness (QED) is 0.667. The average molecular weight is 374 g/mol. The van der Waals surface area contributed by atoms with Crippen LogP contribution in [0.4, 0.5) is 0 Å². The molecule has 4 heteroatoms. The molecule has 0 aliphatic carbocycles. The number of hydrogen-bond acceptors (Lipinski definition) is 3. The number of carbonyl (C=O) groups is 1. The minimum absolute atomic E-state index is 0.235. The number of aliphatic carboxylic acids is 1. The van der Waals surface area contributed by atoms with Crippen LogP contribution in [0.5, 0.6) is 0 Å². The zero-order chi connectivity index (χ0) is 19.2. The molecule has 0 radical (unpaired) electrons. The van der Waals surface area contributed by atoms with Gasteiger partial charge in [-0.1, -0.05) is 64.1 Å². The van der Waals surface area contributed by atoms with Crippen molar-refractivity contribution in [3.63, 3.8) is 0 Å². The molecule has 0 amide bonds. The highest BCUT2D eigenvalue weighted by Crippen LogP contribution is 2.34. The summed E-state index contributed by atoms with van der Waals surface area (Å²) in [5, 5.41) is 10.9. The highest BCUT2D eigenvalue weighted by molar-refractivity contribution is 8.03. The van der Waals surface area contributed by atoms with Crippen LogP contribution in [0.15, 0.2) is 53.1 Å². The number of aryl methyl sites for hydroxylation is 1. The van der Waals surface area contributed by atoms with Crippen LogP contribution in [0.25, 0.3) is 0 Å². The van der Waals surface area contributed by atoms with E-state index in [4.69, 9.17) is 0 Å². The van der Waals surface area contributed by atoms with Crippen LogP contribution in [0.1, 0.15) is 46.1 Å². The van der Waals surface area contributed by atoms with Crippen LogP contribution in [0.3, 0.4) is 0 Å². The van der Waals surface area contributed by atoms with Gasteiger partial charge in [0, 0.05) is 18.3 Å². The van der Waals surface area contributed by atoms with Gasteiger partial charge in [0.2, 0.25) is 0 Å². The van der Waals surface area contributed by atoms with Gasteiger partial charge in [0.05, 0.1) is 10.6 Å². The molecule has 1 aromatic carbocycles. The van der Waals surface area contributed by atoms with Crippen molar-refractivity contribution in [2.45, 2.75) is 52.2 Å². The summed E-state index contributed by atoms with van der Waals surface area (Å²) in [7, 11) is 0. The number of rotatable bonds is 8. The molecule has 1 aromatic rings. The van der Waals surface area contributed by atoms with Crippen molar-refractivity contribution in [3.8, 4) is 0 Å². The third kappa shape index (κ3) is 6.56. The van der Waals surface area contributed by atoms with Crippen molar-refractivity contribution in [1.82, 2.24) is 4.90 Å². The molecule has 1 aliphatic heterocycles. The normalized spacial score (nSPS) is 16.1. The predicted molar refractivity (Wildman–Crippen MR) is 111 cm³/mol. The van der Waals surface area contributed by atoms with E-state index in [0.717, 1.165) is 37.4 Å². The molecule has 0 fully saturated rings. The number of thioether (sulfide) groups is 1. The largest absolute Gasteiger partial charge is 0.478 e. The number of carboxylic acids is 1. The summed E-state index contributed by atoms with van der Waals surface area (Å²) in [6, 6.07) is 10.5. The molecule has 0 bridgehead atoms. The summed E-state index contributed by atoms with van der Waals surface area (Å²) in [5.74, 6) is -0.834. The summed E-state index contributed by atoms with van der Waals surface area (Å²) in [6.07, 6.45) is 6.81. The molecule has 0 spiro atoms. The van der Waals surface area contributed by atoms with Crippen LogP contribution in [-0.2, 0) is 11.2 Å². The fourth-order valence-electron chi connectivity index (χ4n) is 2.85. The molecule has 0 saturated heterocycles. The first kappa shape index (κ1) is 20.6. The fraction of sp³-hybridized carbons (Fsp3) is 0.500. The van der Waals surface area contributed by atoms with Crippen molar-refractivity contribution >= 4 is 17.7 Å². The summed E-state index contributed by atoms with van der Waals surface area (Å²) in [4.78, 5) is 14.0. The minimum Gasteiger partial charge on any atom is -0.478 e. The third-order valence-corrected chi connectivity index (χ3v) is 5.82. The highest BCUT2D eigenvalue weighted by atomic mass is 32.2. The van der Waals surface area contributed by atoms with Gasteiger partial charge in [-0.25, -0.2) is 4.79 Å². The van der Waals surface area contributed by atoms with E-state index in [1.165, 1.54) is 5.56 Å². The second kappa shape index (κ2) is 9.31. The smallest absolute Gasteiger partial charge is 0.338 e. The Labute approximate surface area is 162 Å². The van der Waals surface area contributed by atoms with Crippen molar-refractivity contribution in [2.75, 3.05) is 13.1 Å². The Balaban J connectivity index is 2.06. The average Bonchev–Trinajstić information content (AvgIpc) is 2.59. The lowest BCUT2D eigenvalue weighted by atomic mass is 9.92. The maximum atomic E-state index is 11.7. The highest BCUT2D eigenvalue weighted by Gasteiger charge is 2.24. The minimum atomic E-state index is -0.834. The van der Waals surface area contributed by atoms with Crippen molar-refractivity contribution < 1.29 is 9.90 Å². The van der Waals surface area contributed by atoms with Gasteiger partial charge < -0.3 is 10.0 Å². The fourth-order valence-corrected chi connectivity index (χ4v) is 4.06. The SMILES string of the molecule is C[C@@H](CCc1ccccc1)SC1=C(C(=O)O)C=CCN1CCC(C)(C)C. The van der Waals surface area contributed by atoms with Crippen molar-refractivity contribution in [2.24, 2.45) is 5.41 Å². The zero-order valence-corrected chi connectivity index (χ0v) is 17.2. The molecule has 3 nitrogen and oxygen atoms in total. The van der Waals surface area contributed by atoms with Gasteiger partial charge in [0.1, 0.15) is 0 Å². The standard InChI is InChI=1S/C22H31NO2S/c1-17(12-13-18-9-6-5-7-10-18)26-20-19(21(24)25)11-8-15-23(20)16-14-22(2,3)4/h5-11,17H,12-16H2,1-4H3,(H,24,25)/t17-/m0/s1. The van der Waals surface area contributed by atoms with E-state index >= 15 is 0 Å². The van der Waals surface area contributed by atoms with Gasteiger partial charge in [-0.05, 0) is 36.3 Å². The topological polar surface area (TPSA) is 40.5 Å². The first-order chi connectivity index (χ1) is 12.3. The van der Waals surface area contributed by atoms with Gasteiger partial charge >= 0.3 is 5.97 Å². The molecule has 142 valence electrons. The van der Waals surface area contributed by atoms with E-state index in [-0.39, 0.29) is 5.41 Å².